The Morgan fingerprint density at radius 3 is 2.16 bits per heavy atom. The normalized spacial score (nSPS) is 11.5. The summed E-state index contributed by atoms with van der Waals surface area (Å²) >= 11 is 0.512. The van der Waals surface area contributed by atoms with Gasteiger partial charge in [0.05, 0.1) is 27.5 Å². The van der Waals surface area contributed by atoms with E-state index in [0.717, 1.165) is 11.6 Å². The van der Waals surface area contributed by atoms with E-state index in [0.29, 0.717) is 17.0 Å². The van der Waals surface area contributed by atoms with Crippen molar-refractivity contribution < 1.29 is 45.8 Å². The van der Waals surface area contributed by atoms with Gasteiger partial charge in [0.15, 0.2) is 0 Å². The highest BCUT2D eigenvalue weighted by atomic mass is 32.1. The van der Waals surface area contributed by atoms with Crippen LogP contribution < -0.4 is 5.32 Å². The molecule has 0 fully saturated rings. The van der Waals surface area contributed by atoms with Gasteiger partial charge in [-0.2, -0.15) is 31.4 Å². The van der Waals surface area contributed by atoms with Gasteiger partial charge in [-0.3, -0.25) is 9.59 Å². The molecule has 3 heterocycles. The number of carboxylic acids is 1. The van der Waals surface area contributed by atoms with Crippen molar-refractivity contribution >= 4 is 34.5 Å². The molecule has 14 heteroatoms. The Kier molecular flexibility index (Phi) is 7.05. The molecule has 0 saturated heterocycles. The fourth-order valence-corrected chi connectivity index (χ4v) is 3.00. The van der Waals surface area contributed by atoms with Crippen molar-refractivity contribution in [2.45, 2.75) is 18.9 Å². The summed E-state index contributed by atoms with van der Waals surface area (Å²) < 4.78 is 70.5. The Labute approximate surface area is 172 Å². The number of alkyl halides is 6. The molecule has 0 radical (unpaired) electrons. The van der Waals surface area contributed by atoms with E-state index in [9.17, 15) is 35.9 Å². The van der Waals surface area contributed by atoms with Crippen molar-refractivity contribution in [2.75, 3.05) is 0 Å². The third kappa shape index (κ3) is 6.28. The van der Waals surface area contributed by atoms with E-state index in [4.69, 9.17) is 9.90 Å². The van der Waals surface area contributed by atoms with Crippen molar-refractivity contribution in [3.8, 4) is 0 Å². The molecule has 3 aromatic rings. The lowest BCUT2D eigenvalue weighted by molar-refractivity contribution is -0.192. The van der Waals surface area contributed by atoms with Gasteiger partial charge in [-0.15, -0.1) is 11.3 Å². The van der Waals surface area contributed by atoms with Gasteiger partial charge in [-0.05, 0) is 30.3 Å². The Morgan fingerprint density at radius 1 is 0.968 bits per heavy atom. The van der Waals surface area contributed by atoms with E-state index in [2.05, 4.69) is 10.4 Å². The lowest BCUT2D eigenvalue weighted by Gasteiger charge is -2.06. The second kappa shape index (κ2) is 9.16. The number of hydrogen-bond donors (Lipinski definition) is 2. The van der Waals surface area contributed by atoms with Crippen LogP contribution in [0.1, 0.15) is 25.0 Å². The van der Waals surface area contributed by atoms with E-state index in [1.807, 2.05) is 12.1 Å². The highest BCUT2D eigenvalue weighted by molar-refractivity contribution is 7.16. The van der Waals surface area contributed by atoms with Gasteiger partial charge in [0.2, 0.25) is 0 Å². The summed E-state index contributed by atoms with van der Waals surface area (Å²) in [6, 6.07) is 9.44. The number of nitrogens with zero attached hydrogens (tertiary/aromatic N) is 2. The third-order valence-corrected chi connectivity index (χ3v) is 4.57. The molecule has 7 nitrogen and oxygen atoms in total. The third-order valence-electron chi connectivity index (χ3n) is 3.48. The SMILES string of the molecule is O=C(NCc1cccc2ccnn12)c1ccc(C(=O)C(F)(F)F)s1.O=C(O)C(F)(F)F. The molecule has 0 aliphatic rings. The molecule has 0 saturated carbocycles. The Hall–Kier alpha value is -3.42. The number of halogens is 6. The zero-order valence-corrected chi connectivity index (χ0v) is 15.8. The number of thiophene rings is 1. The molecule has 0 unspecified atom stereocenters. The number of aromatic nitrogens is 2. The Bertz CT molecular complexity index is 1100. The van der Waals surface area contributed by atoms with Gasteiger partial charge < -0.3 is 10.4 Å². The van der Waals surface area contributed by atoms with Crippen LogP contribution in [0.25, 0.3) is 5.52 Å². The minimum atomic E-state index is -5.08. The number of hydrogen-bond acceptors (Lipinski definition) is 5. The number of pyridine rings is 1. The first-order chi connectivity index (χ1) is 14.3. The van der Waals surface area contributed by atoms with Gasteiger partial charge in [0.1, 0.15) is 0 Å². The molecule has 2 N–H and O–H groups in total. The molecule has 0 aromatic carbocycles. The number of ketones is 1. The summed E-state index contributed by atoms with van der Waals surface area (Å²) in [6.07, 6.45) is -8.41. The number of aliphatic carboxylic acids is 1. The zero-order chi connectivity index (χ0) is 23.4. The van der Waals surface area contributed by atoms with Gasteiger partial charge in [-0.1, -0.05) is 6.07 Å². The smallest absolute Gasteiger partial charge is 0.475 e. The Morgan fingerprint density at radius 2 is 1.58 bits per heavy atom. The predicted octanol–water partition coefficient (Wildman–Crippen LogP) is 3.70. The van der Waals surface area contributed by atoms with Crippen LogP contribution in [0.4, 0.5) is 26.3 Å². The number of nitrogens with one attached hydrogen (secondary N) is 1. The second-order valence-electron chi connectivity index (χ2n) is 5.66. The second-order valence-corrected chi connectivity index (χ2v) is 6.75. The summed E-state index contributed by atoms with van der Waals surface area (Å²) in [5.41, 5.74) is 1.57. The maximum Gasteiger partial charge on any atom is 0.490 e. The van der Waals surface area contributed by atoms with Gasteiger partial charge >= 0.3 is 18.3 Å². The number of rotatable bonds is 4. The monoisotopic (exact) mass is 467 g/mol. The fraction of sp³-hybridized carbons (Fsp3) is 0.176. The molecule has 0 spiro atoms. The maximum absolute atomic E-state index is 12.4. The van der Waals surface area contributed by atoms with Crippen LogP contribution in [-0.2, 0) is 11.3 Å². The number of carboxylic acid groups (broad SMARTS) is 1. The number of carbonyl (C=O) groups excluding carboxylic acids is 2. The fourth-order valence-electron chi connectivity index (χ4n) is 2.12. The summed E-state index contributed by atoms with van der Waals surface area (Å²) in [5.74, 6) is -5.26. The summed E-state index contributed by atoms with van der Waals surface area (Å²) in [6.45, 7) is 0.151. The van der Waals surface area contributed by atoms with E-state index >= 15 is 0 Å². The number of carbonyl (C=O) groups is 3. The molecule has 0 atom stereocenters. The van der Waals surface area contributed by atoms with Gasteiger partial charge in [-0.25, -0.2) is 9.31 Å². The minimum absolute atomic E-state index is 0.0373. The van der Waals surface area contributed by atoms with Crippen LogP contribution in [0, 0.1) is 0 Å². The summed E-state index contributed by atoms with van der Waals surface area (Å²) in [7, 11) is 0. The predicted molar refractivity (Wildman–Crippen MR) is 94.8 cm³/mol. The van der Waals surface area contributed by atoms with Crippen molar-refractivity contribution in [1.29, 1.82) is 0 Å². The van der Waals surface area contributed by atoms with Crippen molar-refractivity contribution in [2.24, 2.45) is 0 Å². The topological polar surface area (TPSA) is 101 Å². The van der Waals surface area contributed by atoms with Crippen LogP contribution in [0.2, 0.25) is 0 Å². The molecule has 0 bridgehead atoms. The molecule has 0 aliphatic carbocycles. The highest BCUT2D eigenvalue weighted by Crippen LogP contribution is 2.26. The van der Waals surface area contributed by atoms with Crippen LogP contribution in [0.3, 0.4) is 0 Å². The molecule has 3 rings (SSSR count). The number of amides is 1. The van der Waals surface area contributed by atoms with Crippen LogP contribution in [0.15, 0.2) is 42.6 Å². The van der Waals surface area contributed by atoms with Crippen LogP contribution in [-0.4, -0.2) is 44.7 Å². The standard InChI is InChI=1S/C15H10F3N3O2S.C2HF3O2/c16-15(17,18)13(22)11-4-5-12(24-11)14(23)19-8-10-3-1-2-9-6-7-20-21(9)10;3-2(4,5)1(6)7/h1-7H,8H2,(H,19,23);(H,6,7). The first kappa shape index (κ1) is 23.9. The minimum Gasteiger partial charge on any atom is -0.475 e. The lowest BCUT2D eigenvalue weighted by atomic mass is 10.3. The van der Waals surface area contributed by atoms with Crippen molar-refractivity contribution in [3.05, 3.63) is 58.0 Å². The largest absolute Gasteiger partial charge is 0.490 e. The molecular formula is C17H11F6N3O4S. The van der Waals surface area contributed by atoms with Crippen LogP contribution >= 0.6 is 11.3 Å². The number of fused-ring (bicyclic) bond motifs is 1. The van der Waals surface area contributed by atoms with E-state index in [-0.39, 0.29) is 11.4 Å². The average molecular weight is 467 g/mol. The molecule has 166 valence electrons. The van der Waals surface area contributed by atoms with E-state index in [1.165, 1.54) is 6.07 Å². The lowest BCUT2D eigenvalue weighted by Crippen LogP contribution is -2.23. The molecule has 0 aliphatic heterocycles. The van der Waals surface area contributed by atoms with E-state index < -0.39 is 34.9 Å². The molecule has 3 aromatic heterocycles. The summed E-state index contributed by atoms with van der Waals surface area (Å²) in [5, 5.41) is 13.9. The zero-order valence-electron chi connectivity index (χ0n) is 15.0. The van der Waals surface area contributed by atoms with E-state index in [1.54, 1.807) is 22.8 Å². The van der Waals surface area contributed by atoms with Crippen molar-refractivity contribution in [3.63, 3.8) is 0 Å². The molecule has 1 amide bonds. The first-order valence-corrected chi connectivity index (χ1v) is 8.83. The maximum atomic E-state index is 12.4. The number of Topliss-reactive ketones (excluding diaryl/α,β-unsaturated/α-hetero) is 1. The molecule has 31 heavy (non-hydrogen) atoms. The van der Waals surface area contributed by atoms with Crippen molar-refractivity contribution in [1.82, 2.24) is 14.9 Å². The van der Waals surface area contributed by atoms with Crippen LogP contribution in [0.5, 0.6) is 0 Å². The Balaban J connectivity index is 0.000000423. The quantitative estimate of drug-likeness (QED) is 0.450. The average Bonchev–Trinajstić information content (AvgIpc) is 3.34. The molecular weight excluding hydrogens is 456 g/mol. The van der Waals surface area contributed by atoms with Gasteiger partial charge in [0, 0.05) is 6.20 Å². The first-order valence-electron chi connectivity index (χ1n) is 8.02. The van der Waals surface area contributed by atoms with Gasteiger partial charge in [0.25, 0.3) is 11.7 Å². The highest BCUT2D eigenvalue weighted by Gasteiger charge is 2.40. The summed E-state index contributed by atoms with van der Waals surface area (Å²) in [4.78, 5) is 31.6.